The molecule has 1 fully saturated rings. The van der Waals surface area contributed by atoms with Crippen LogP contribution in [0.5, 0.6) is 0 Å². The maximum absolute atomic E-state index is 12.8. The van der Waals surface area contributed by atoms with Gasteiger partial charge in [-0.2, -0.15) is 0 Å². The van der Waals surface area contributed by atoms with Gasteiger partial charge in [0.25, 0.3) is 5.91 Å². The first-order valence-corrected chi connectivity index (χ1v) is 11.3. The van der Waals surface area contributed by atoms with Crippen molar-refractivity contribution >= 4 is 23.7 Å². The average Bonchev–Trinajstić information content (AvgIpc) is 3.17. The monoisotopic (exact) mass is 463 g/mol. The molecule has 0 aromatic heterocycles. The van der Waals surface area contributed by atoms with E-state index in [1.165, 1.54) is 4.90 Å². The second-order valence-corrected chi connectivity index (χ2v) is 8.36. The van der Waals surface area contributed by atoms with E-state index in [-0.39, 0.29) is 13.2 Å². The van der Waals surface area contributed by atoms with Gasteiger partial charge in [-0.15, -0.1) is 0 Å². The zero-order chi connectivity index (χ0) is 24.1. The number of benzene rings is 2. The van der Waals surface area contributed by atoms with Crippen molar-refractivity contribution in [3.63, 3.8) is 0 Å². The van der Waals surface area contributed by atoms with Crippen LogP contribution in [0, 0.1) is 0 Å². The molecule has 0 bridgehead atoms. The number of nitrogens with one attached hydrogen (secondary N) is 1. The number of hydrogen-bond acceptors (Lipinski definition) is 7. The molecule has 0 saturated carbocycles. The number of nitrogens with zero attached hydrogens (tertiary/aromatic N) is 4. The van der Waals surface area contributed by atoms with Crippen LogP contribution in [0.1, 0.15) is 18.1 Å². The lowest BCUT2D eigenvalue weighted by Gasteiger charge is -2.36. The summed E-state index contributed by atoms with van der Waals surface area (Å²) in [5.74, 6) is -0.332. The summed E-state index contributed by atoms with van der Waals surface area (Å²) in [7, 11) is 1.60. The molecule has 2 aromatic carbocycles. The van der Waals surface area contributed by atoms with Crippen molar-refractivity contribution in [1.82, 2.24) is 20.0 Å². The molecule has 34 heavy (non-hydrogen) atoms. The number of esters is 1. The number of hydrogen-bond donors (Lipinski definition) is 1. The minimum Gasteiger partial charge on any atom is -0.465 e. The quantitative estimate of drug-likeness (QED) is 0.571. The van der Waals surface area contributed by atoms with Gasteiger partial charge in [0.15, 0.2) is 12.2 Å². The van der Waals surface area contributed by atoms with E-state index in [4.69, 9.17) is 9.73 Å². The zero-order valence-electron chi connectivity index (χ0n) is 19.4. The SMILES string of the molecule is CCOC(=O)CN1C(CN(Cc2ccccc2)Cc2ccccc2)=NC2C1C(=O)NC(=O)N2C. The van der Waals surface area contributed by atoms with E-state index in [1.54, 1.807) is 18.9 Å². The molecule has 0 spiro atoms. The Morgan fingerprint density at radius 1 is 1.00 bits per heavy atom. The highest BCUT2D eigenvalue weighted by Crippen LogP contribution is 2.25. The molecule has 9 heteroatoms. The molecule has 178 valence electrons. The van der Waals surface area contributed by atoms with Crippen LogP contribution >= 0.6 is 0 Å². The van der Waals surface area contributed by atoms with Crippen molar-refractivity contribution in [3.05, 3.63) is 71.8 Å². The van der Waals surface area contributed by atoms with Gasteiger partial charge in [0.05, 0.1) is 13.2 Å². The van der Waals surface area contributed by atoms with Gasteiger partial charge in [-0.1, -0.05) is 60.7 Å². The molecule has 2 heterocycles. The van der Waals surface area contributed by atoms with Gasteiger partial charge in [0.1, 0.15) is 12.4 Å². The predicted octanol–water partition coefficient (Wildman–Crippen LogP) is 1.84. The lowest BCUT2D eigenvalue weighted by atomic mass is 10.1. The summed E-state index contributed by atoms with van der Waals surface area (Å²) < 4.78 is 5.15. The fourth-order valence-electron chi connectivity index (χ4n) is 4.30. The molecule has 1 saturated heterocycles. The summed E-state index contributed by atoms with van der Waals surface area (Å²) in [6.45, 7) is 3.56. The number of fused-ring (bicyclic) bond motifs is 1. The highest BCUT2D eigenvalue weighted by molar-refractivity contribution is 6.05. The van der Waals surface area contributed by atoms with Crippen molar-refractivity contribution in [1.29, 1.82) is 0 Å². The molecule has 4 rings (SSSR count). The van der Waals surface area contributed by atoms with Crippen molar-refractivity contribution in [2.75, 3.05) is 26.7 Å². The van der Waals surface area contributed by atoms with E-state index in [0.29, 0.717) is 25.5 Å². The van der Waals surface area contributed by atoms with Crippen molar-refractivity contribution in [2.45, 2.75) is 32.2 Å². The van der Waals surface area contributed by atoms with Gasteiger partial charge >= 0.3 is 12.0 Å². The van der Waals surface area contributed by atoms with Crippen molar-refractivity contribution < 1.29 is 19.1 Å². The normalized spacial score (nSPS) is 19.7. The number of aliphatic imine (C=N–C) groups is 1. The van der Waals surface area contributed by atoms with Crippen LogP contribution in [-0.2, 0) is 27.4 Å². The van der Waals surface area contributed by atoms with Crippen LogP contribution in [0.15, 0.2) is 65.7 Å². The third-order valence-electron chi connectivity index (χ3n) is 5.91. The molecular weight excluding hydrogens is 434 g/mol. The number of amidine groups is 1. The van der Waals surface area contributed by atoms with Crippen LogP contribution in [0.2, 0.25) is 0 Å². The Kier molecular flexibility index (Phi) is 7.22. The highest BCUT2D eigenvalue weighted by Gasteiger charge is 2.49. The van der Waals surface area contributed by atoms with Crippen molar-refractivity contribution in [2.24, 2.45) is 4.99 Å². The molecule has 2 aromatic rings. The Bertz CT molecular complexity index is 1020. The molecular formula is C25H29N5O4. The molecule has 0 radical (unpaired) electrons. The summed E-state index contributed by atoms with van der Waals surface area (Å²) in [4.78, 5) is 47.4. The zero-order valence-corrected chi connectivity index (χ0v) is 19.4. The number of likely N-dealkylation sites (N-methyl/N-ethyl adjacent to an activating group) is 1. The van der Waals surface area contributed by atoms with Crippen molar-refractivity contribution in [3.8, 4) is 0 Å². The summed E-state index contributed by atoms with van der Waals surface area (Å²) in [5, 5.41) is 2.36. The predicted molar refractivity (Wildman–Crippen MR) is 127 cm³/mol. The molecule has 2 aliphatic rings. The van der Waals surface area contributed by atoms with Gasteiger partial charge in [-0.3, -0.25) is 19.8 Å². The van der Waals surface area contributed by atoms with E-state index in [1.807, 2.05) is 36.4 Å². The average molecular weight is 464 g/mol. The summed E-state index contributed by atoms with van der Waals surface area (Å²) in [5.41, 5.74) is 2.27. The lowest BCUT2D eigenvalue weighted by Crippen LogP contribution is -2.64. The topological polar surface area (TPSA) is 94.5 Å². The number of urea groups is 1. The van der Waals surface area contributed by atoms with Gasteiger partial charge in [0, 0.05) is 20.1 Å². The standard InChI is InChI=1S/C25H29N5O4/c1-3-34-21(31)17-30-20(26-23-22(30)24(32)27-25(33)28(23)2)16-29(14-18-10-6-4-7-11-18)15-19-12-8-5-9-13-19/h4-13,22-23H,3,14-17H2,1-2H3,(H,27,32,33). The molecule has 2 atom stereocenters. The van der Waals surface area contributed by atoms with Crippen LogP contribution in [-0.4, -0.2) is 77.4 Å². The Labute approximate surface area is 199 Å². The fourth-order valence-corrected chi connectivity index (χ4v) is 4.30. The van der Waals surface area contributed by atoms with E-state index in [9.17, 15) is 14.4 Å². The number of imide groups is 1. The third kappa shape index (κ3) is 5.26. The molecule has 9 nitrogen and oxygen atoms in total. The van der Waals surface area contributed by atoms with Crippen LogP contribution in [0.25, 0.3) is 0 Å². The van der Waals surface area contributed by atoms with E-state index < -0.39 is 30.1 Å². The van der Waals surface area contributed by atoms with Gasteiger partial charge in [0.2, 0.25) is 0 Å². The van der Waals surface area contributed by atoms with Gasteiger partial charge in [-0.05, 0) is 18.1 Å². The van der Waals surface area contributed by atoms with Crippen LogP contribution in [0.3, 0.4) is 0 Å². The Morgan fingerprint density at radius 3 is 2.15 bits per heavy atom. The Morgan fingerprint density at radius 2 is 1.59 bits per heavy atom. The van der Waals surface area contributed by atoms with E-state index in [0.717, 1.165) is 11.1 Å². The number of rotatable bonds is 9. The Hall–Kier alpha value is -3.72. The first-order valence-electron chi connectivity index (χ1n) is 11.3. The second kappa shape index (κ2) is 10.5. The maximum Gasteiger partial charge on any atom is 0.325 e. The first kappa shape index (κ1) is 23.4. The smallest absolute Gasteiger partial charge is 0.325 e. The number of carbonyl (C=O) groups excluding carboxylic acids is 3. The van der Waals surface area contributed by atoms with E-state index in [2.05, 4.69) is 34.5 Å². The minimum atomic E-state index is -0.780. The summed E-state index contributed by atoms with van der Waals surface area (Å²) in [6, 6.07) is 18.9. The van der Waals surface area contributed by atoms with Gasteiger partial charge < -0.3 is 14.5 Å². The molecule has 3 amide bonds. The minimum absolute atomic E-state index is 0.117. The fraction of sp³-hybridized carbons (Fsp3) is 0.360. The summed E-state index contributed by atoms with van der Waals surface area (Å²) >= 11 is 0. The number of amides is 3. The molecule has 0 aliphatic carbocycles. The highest BCUT2D eigenvalue weighted by atomic mass is 16.5. The molecule has 2 aliphatic heterocycles. The number of carbonyl (C=O) groups is 3. The second-order valence-electron chi connectivity index (χ2n) is 8.36. The molecule has 1 N–H and O–H groups in total. The number of ether oxygens (including phenoxy) is 1. The van der Waals surface area contributed by atoms with Crippen LogP contribution in [0.4, 0.5) is 4.79 Å². The largest absolute Gasteiger partial charge is 0.465 e. The Balaban J connectivity index is 1.62. The van der Waals surface area contributed by atoms with Crippen LogP contribution < -0.4 is 5.32 Å². The lowest BCUT2D eigenvalue weighted by molar-refractivity contribution is -0.144. The first-order chi connectivity index (χ1) is 16.5. The van der Waals surface area contributed by atoms with E-state index >= 15 is 0 Å². The van der Waals surface area contributed by atoms with Gasteiger partial charge in [-0.25, -0.2) is 9.79 Å². The molecule has 2 unspecified atom stereocenters. The maximum atomic E-state index is 12.8. The third-order valence-corrected chi connectivity index (χ3v) is 5.91. The summed E-state index contributed by atoms with van der Waals surface area (Å²) in [6.07, 6.45) is -0.694.